The van der Waals surface area contributed by atoms with Gasteiger partial charge in [-0.05, 0) is 12.1 Å². The van der Waals surface area contributed by atoms with Gasteiger partial charge in [-0.15, -0.1) is 0 Å². The molecule has 0 heterocycles. The lowest BCUT2D eigenvalue weighted by Crippen LogP contribution is -1.94. The molecular weight excluding hydrogens is 220 g/mol. The summed E-state index contributed by atoms with van der Waals surface area (Å²) in [5.74, 6) is 0. The second kappa shape index (κ2) is 3.89. The Morgan fingerprint density at radius 2 is 2.08 bits per heavy atom. The Bertz CT molecular complexity index is 357. The Balaban J connectivity index is 3.38. The van der Waals surface area contributed by atoms with Crippen LogP contribution in [0.1, 0.15) is 5.56 Å². The van der Waals surface area contributed by atoms with E-state index in [4.69, 9.17) is 23.2 Å². The molecule has 0 N–H and O–H groups in total. The Morgan fingerprint density at radius 1 is 1.46 bits per heavy atom. The van der Waals surface area contributed by atoms with Crippen molar-refractivity contribution in [1.29, 1.82) is 0 Å². The van der Waals surface area contributed by atoms with Crippen LogP contribution in [0.4, 0.5) is 10.1 Å². The minimum atomic E-state index is -0.962. The van der Waals surface area contributed by atoms with Crippen LogP contribution in [0, 0.1) is 10.1 Å². The molecule has 0 bridgehead atoms. The third-order valence-electron chi connectivity index (χ3n) is 1.43. The first kappa shape index (κ1) is 10.2. The van der Waals surface area contributed by atoms with Crippen LogP contribution in [0.25, 0.3) is 0 Å². The van der Waals surface area contributed by atoms with Gasteiger partial charge in [0.15, 0.2) is 0 Å². The van der Waals surface area contributed by atoms with E-state index in [2.05, 4.69) is 0 Å². The normalized spacial score (nSPS) is 10.1. The molecule has 0 atom stereocenters. The fourth-order valence-electron chi connectivity index (χ4n) is 0.926. The van der Waals surface area contributed by atoms with Gasteiger partial charge >= 0.3 is 0 Å². The number of halogens is 3. The lowest BCUT2D eigenvalue weighted by atomic mass is 10.2. The molecule has 0 aliphatic rings. The van der Waals surface area contributed by atoms with E-state index in [1.165, 1.54) is 12.1 Å². The molecule has 0 aromatic heterocycles. The van der Waals surface area contributed by atoms with Gasteiger partial charge in [-0.2, -0.15) is 0 Å². The molecule has 0 saturated carbocycles. The van der Waals surface area contributed by atoms with Crippen molar-refractivity contribution >= 4 is 28.9 Å². The molecule has 1 aromatic rings. The van der Waals surface area contributed by atoms with Gasteiger partial charge in [0.1, 0.15) is 11.7 Å². The summed E-state index contributed by atoms with van der Waals surface area (Å²) in [6, 6.07) is 2.39. The van der Waals surface area contributed by atoms with Gasteiger partial charge < -0.3 is 0 Å². The molecule has 0 saturated heterocycles. The maximum atomic E-state index is 12.3. The molecule has 3 nitrogen and oxygen atoms in total. The SMILES string of the molecule is O=[N+]([O-])c1c(Cl)cc(Cl)cc1CF. The van der Waals surface area contributed by atoms with E-state index < -0.39 is 17.3 Å². The van der Waals surface area contributed by atoms with Crippen molar-refractivity contribution in [2.24, 2.45) is 0 Å². The van der Waals surface area contributed by atoms with Crippen LogP contribution < -0.4 is 0 Å². The molecular formula is C7H4Cl2FNO2. The molecule has 0 fully saturated rings. The Morgan fingerprint density at radius 3 is 2.54 bits per heavy atom. The standard InChI is InChI=1S/C7H4Cl2FNO2/c8-5-1-4(3-10)7(11(12)13)6(9)2-5/h1-2H,3H2. The molecule has 1 rings (SSSR count). The van der Waals surface area contributed by atoms with Gasteiger partial charge in [-0.25, -0.2) is 4.39 Å². The molecule has 0 aliphatic heterocycles. The second-order valence-corrected chi connectivity index (χ2v) is 3.13. The quantitative estimate of drug-likeness (QED) is 0.570. The summed E-state index contributed by atoms with van der Waals surface area (Å²) in [6.45, 7) is -0.962. The zero-order valence-electron chi connectivity index (χ0n) is 6.26. The van der Waals surface area contributed by atoms with Gasteiger partial charge in [-0.3, -0.25) is 10.1 Å². The maximum Gasteiger partial charge on any atom is 0.293 e. The van der Waals surface area contributed by atoms with Gasteiger partial charge in [0.2, 0.25) is 0 Å². The number of benzene rings is 1. The summed E-state index contributed by atoms with van der Waals surface area (Å²) in [7, 11) is 0. The summed E-state index contributed by atoms with van der Waals surface area (Å²) < 4.78 is 12.3. The van der Waals surface area contributed by atoms with E-state index >= 15 is 0 Å². The molecule has 0 unspecified atom stereocenters. The van der Waals surface area contributed by atoms with Crippen molar-refractivity contribution in [3.05, 3.63) is 37.9 Å². The number of nitro benzene ring substituents is 1. The van der Waals surface area contributed by atoms with Crippen LogP contribution in [-0.4, -0.2) is 4.92 Å². The average molecular weight is 224 g/mol. The van der Waals surface area contributed by atoms with Crippen LogP contribution in [0.3, 0.4) is 0 Å². The fraction of sp³-hybridized carbons (Fsp3) is 0.143. The smallest absolute Gasteiger partial charge is 0.258 e. The van der Waals surface area contributed by atoms with E-state index in [0.717, 1.165) is 0 Å². The fourth-order valence-corrected chi connectivity index (χ4v) is 1.53. The van der Waals surface area contributed by atoms with Crippen molar-refractivity contribution in [2.75, 3.05) is 0 Å². The Hall–Kier alpha value is -0.870. The van der Waals surface area contributed by atoms with Gasteiger partial charge in [0.25, 0.3) is 5.69 Å². The molecule has 0 aliphatic carbocycles. The summed E-state index contributed by atoms with van der Waals surface area (Å²) in [5, 5.41) is 10.5. The van der Waals surface area contributed by atoms with Crippen molar-refractivity contribution < 1.29 is 9.31 Å². The molecule has 70 valence electrons. The van der Waals surface area contributed by atoms with Crippen molar-refractivity contribution in [3.8, 4) is 0 Å². The van der Waals surface area contributed by atoms with E-state index in [1.807, 2.05) is 0 Å². The van der Waals surface area contributed by atoms with Crippen molar-refractivity contribution in [2.45, 2.75) is 6.67 Å². The van der Waals surface area contributed by atoms with Gasteiger partial charge in [-0.1, -0.05) is 23.2 Å². The average Bonchev–Trinajstić information content (AvgIpc) is 2.01. The van der Waals surface area contributed by atoms with E-state index in [9.17, 15) is 14.5 Å². The monoisotopic (exact) mass is 223 g/mol. The van der Waals surface area contributed by atoms with Crippen LogP contribution in [0.15, 0.2) is 12.1 Å². The number of nitrogens with zero attached hydrogens (tertiary/aromatic N) is 1. The van der Waals surface area contributed by atoms with Crippen molar-refractivity contribution in [1.82, 2.24) is 0 Å². The summed E-state index contributed by atoms with van der Waals surface area (Å²) in [5.41, 5.74) is -0.531. The van der Waals surface area contributed by atoms with Crippen LogP contribution in [0.2, 0.25) is 10.0 Å². The highest BCUT2D eigenvalue weighted by Crippen LogP contribution is 2.32. The van der Waals surface area contributed by atoms with Gasteiger partial charge in [0, 0.05) is 5.02 Å². The molecule has 0 amide bonds. The first-order chi connectivity index (χ1) is 6.06. The third-order valence-corrected chi connectivity index (χ3v) is 1.94. The summed E-state index contributed by atoms with van der Waals surface area (Å²) in [4.78, 5) is 9.70. The summed E-state index contributed by atoms with van der Waals surface area (Å²) in [6.07, 6.45) is 0. The van der Waals surface area contributed by atoms with E-state index in [-0.39, 0.29) is 15.6 Å². The molecule has 0 spiro atoms. The molecule has 0 radical (unpaired) electrons. The number of rotatable bonds is 2. The maximum absolute atomic E-state index is 12.3. The lowest BCUT2D eigenvalue weighted by molar-refractivity contribution is -0.385. The van der Waals surface area contributed by atoms with Crippen LogP contribution in [-0.2, 0) is 6.67 Å². The molecule has 1 aromatic carbocycles. The molecule has 13 heavy (non-hydrogen) atoms. The number of hydrogen-bond acceptors (Lipinski definition) is 2. The Kier molecular flexibility index (Phi) is 3.06. The number of nitro groups is 1. The van der Waals surface area contributed by atoms with E-state index in [0.29, 0.717) is 0 Å². The highest BCUT2D eigenvalue weighted by molar-refractivity contribution is 6.36. The predicted molar refractivity (Wildman–Crippen MR) is 47.9 cm³/mol. The summed E-state index contributed by atoms with van der Waals surface area (Å²) >= 11 is 11.0. The first-order valence-corrected chi connectivity index (χ1v) is 4.00. The van der Waals surface area contributed by atoms with Gasteiger partial charge in [0.05, 0.1) is 10.5 Å². The zero-order valence-corrected chi connectivity index (χ0v) is 7.77. The number of hydrogen-bond donors (Lipinski definition) is 0. The zero-order chi connectivity index (χ0) is 10.0. The highest BCUT2D eigenvalue weighted by atomic mass is 35.5. The second-order valence-electron chi connectivity index (χ2n) is 2.29. The minimum absolute atomic E-state index is 0.109. The van der Waals surface area contributed by atoms with Crippen molar-refractivity contribution in [3.63, 3.8) is 0 Å². The minimum Gasteiger partial charge on any atom is -0.258 e. The lowest BCUT2D eigenvalue weighted by Gasteiger charge is -2.00. The largest absolute Gasteiger partial charge is 0.293 e. The molecule has 6 heteroatoms. The predicted octanol–water partition coefficient (Wildman–Crippen LogP) is 3.37. The first-order valence-electron chi connectivity index (χ1n) is 3.24. The van der Waals surface area contributed by atoms with Crippen LogP contribution in [0.5, 0.6) is 0 Å². The third kappa shape index (κ3) is 2.08. The Labute approximate surface area is 83.2 Å². The number of alkyl halides is 1. The van der Waals surface area contributed by atoms with Crippen LogP contribution >= 0.6 is 23.2 Å². The highest BCUT2D eigenvalue weighted by Gasteiger charge is 2.19. The topological polar surface area (TPSA) is 43.1 Å². The van der Waals surface area contributed by atoms with E-state index in [1.54, 1.807) is 0 Å².